The molecule has 0 spiro atoms. The number of guanidine groups is 1. The molecule has 0 saturated carbocycles. The van der Waals surface area contributed by atoms with Crippen molar-refractivity contribution in [2.75, 3.05) is 13.2 Å². The van der Waals surface area contributed by atoms with Crippen LogP contribution >= 0.6 is 0 Å². The number of pyridine rings is 1. The van der Waals surface area contributed by atoms with Crippen LogP contribution in [-0.4, -0.2) is 30.1 Å². The van der Waals surface area contributed by atoms with Crippen molar-refractivity contribution in [3.63, 3.8) is 0 Å². The van der Waals surface area contributed by atoms with Crippen molar-refractivity contribution in [1.29, 1.82) is 0 Å². The van der Waals surface area contributed by atoms with Crippen LogP contribution in [0.15, 0.2) is 47.6 Å². The van der Waals surface area contributed by atoms with Gasteiger partial charge in [0.05, 0.1) is 13.2 Å². The first-order chi connectivity index (χ1) is 13.1. The number of hydrogen-bond acceptors (Lipinski definition) is 4. The minimum absolute atomic E-state index is 0.374. The minimum atomic E-state index is 0.374. The second kappa shape index (κ2) is 11.1. The smallest absolute Gasteiger partial charge is 0.219 e. The van der Waals surface area contributed by atoms with E-state index in [1.165, 1.54) is 0 Å². The van der Waals surface area contributed by atoms with Gasteiger partial charge in [-0.3, -0.25) is 0 Å². The van der Waals surface area contributed by atoms with E-state index in [1.54, 1.807) is 6.20 Å². The summed E-state index contributed by atoms with van der Waals surface area (Å²) in [6, 6.07) is 11.7. The summed E-state index contributed by atoms with van der Waals surface area (Å²) in [6.45, 7) is 10.3. The average molecular weight is 370 g/mol. The molecular weight excluding hydrogens is 340 g/mol. The first kappa shape index (κ1) is 20.6. The Balaban J connectivity index is 2.02. The first-order valence-electron chi connectivity index (χ1n) is 9.55. The van der Waals surface area contributed by atoms with Gasteiger partial charge in [-0.1, -0.05) is 6.92 Å². The van der Waals surface area contributed by atoms with E-state index in [0.29, 0.717) is 25.1 Å². The Hall–Kier alpha value is -2.76. The highest BCUT2D eigenvalue weighted by molar-refractivity contribution is 5.80. The zero-order chi connectivity index (χ0) is 19.5. The summed E-state index contributed by atoms with van der Waals surface area (Å²) >= 11 is 0. The van der Waals surface area contributed by atoms with Crippen LogP contribution < -0.4 is 20.1 Å². The highest BCUT2D eigenvalue weighted by atomic mass is 16.5. The predicted molar refractivity (Wildman–Crippen MR) is 110 cm³/mol. The monoisotopic (exact) mass is 370 g/mol. The quantitative estimate of drug-likeness (QED) is 0.513. The molecule has 1 atom stereocenters. The number of hydrogen-bond donors (Lipinski definition) is 2. The van der Waals surface area contributed by atoms with Crippen LogP contribution in [0.4, 0.5) is 0 Å². The lowest BCUT2D eigenvalue weighted by molar-refractivity contribution is 0.339. The van der Waals surface area contributed by atoms with Gasteiger partial charge >= 0.3 is 0 Å². The van der Waals surface area contributed by atoms with E-state index < -0.39 is 0 Å². The summed E-state index contributed by atoms with van der Waals surface area (Å²) in [5.74, 6) is 2.91. The Kier molecular flexibility index (Phi) is 8.42. The van der Waals surface area contributed by atoms with Crippen molar-refractivity contribution >= 4 is 5.96 Å². The van der Waals surface area contributed by atoms with Gasteiger partial charge in [0, 0.05) is 24.8 Å². The van der Waals surface area contributed by atoms with E-state index in [9.17, 15) is 0 Å². The molecule has 6 nitrogen and oxygen atoms in total. The number of ether oxygens (including phenoxy) is 2. The zero-order valence-electron chi connectivity index (χ0n) is 16.7. The second-order valence-corrected chi connectivity index (χ2v) is 6.16. The minimum Gasteiger partial charge on any atom is -0.494 e. The molecule has 0 amide bonds. The molecule has 1 unspecified atom stereocenters. The number of aliphatic imine (C=N–C) groups is 1. The molecule has 2 N–H and O–H groups in total. The fourth-order valence-electron chi connectivity index (χ4n) is 2.32. The maximum Gasteiger partial charge on any atom is 0.219 e. The highest BCUT2D eigenvalue weighted by Crippen LogP contribution is 2.23. The van der Waals surface area contributed by atoms with E-state index in [0.717, 1.165) is 36.0 Å². The van der Waals surface area contributed by atoms with Crippen LogP contribution in [0.25, 0.3) is 0 Å². The molecule has 2 rings (SSSR count). The van der Waals surface area contributed by atoms with Crippen molar-refractivity contribution in [2.24, 2.45) is 4.99 Å². The van der Waals surface area contributed by atoms with Gasteiger partial charge in [0.2, 0.25) is 5.88 Å². The molecule has 6 heteroatoms. The van der Waals surface area contributed by atoms with Crippen LogP contribution in [0.2, 0.25) is 0 Å². The molecule has 0 aliphatic rings. The van der Waals surface area contributed by atoms with Gasteiger partial charge in [-0.05, 0) is 63.1 Å². The molecule has 2 aromatic rings. The fourth-order valence-corrected chi connectivity index (χ4v) is 2.32. The third-order valence-electron chi connectivity index (χ3n) is 3.92. The number of nitrogens with zero attached hydrogens (tertiary/aromatic N) is 2. The number of rotatable bonds is 9. The van der Waals surface area contributed by atoms with E-state index in [-0.39, 0.29) is 0 Å². The maximum absolute atomic E-state index is 5.84. The third-order valence-corrected chi connectivity index (χ3v) is 3.92. The van der Waals surface area contributed by atoms with Crippen LogP contribution in [0.3, 0.4) is 0 Å². The number of benzene rings is 1. The molecule has 1 aromatic carbocycles. The molecule has 0 radical (unpaired) electrons. The van der Waals surface area contributed by atoms with E-state index >= 15 is 0 Å². The molecule has 27 heavy (non-hydrogen) atoms. The van der Waals surface area contributed by atoms with E-state index in [1.807, 2.05) is 43.3 Å². The molecule has 0 aliphatic heterocycles. The Morgan fingerprint density at radius 1 is 1.11 bits per heavy atom. The van der Waals surface area contributed by atoms with Gasteiger partial charge in [-0.15, -0.1) is 0 Å². The maximum atomic E-state index is 5.84. The predicted octanol–water partition coefficient (Wildman–Crippen LogP) is 4.13. The van der Waals surface area contributed by atoms with Gasteiger partial charge in [0.1, 0.15) is 11.5 Å². The van der Waals surface area contributed by atoms with Crippen molar-refractivity contribution in [2.45, 2.75) is 46.7 Å². The largest absolute Gasteiger partial charge is 0.494 e. The summed E-state index contributed by atoms with van der Waals surface area (Å²) in [5, 5.41) is 6.66. The molecule has 0 fully saturated rings. The van der Waals surface area contributed by atoms with Crippen LogP contribution in [0.1, 0.15) is 39.7 Å². The summed E-state index contributed by atoms with van der Waals surface area (Å²) in [4.78, 5) is 8.93. The summed E-state index contributed by atoms with van der Waals surface area (Å²) in [7, 11) is 0. The Morgan fingerprint density at radius 2 is 1.85 bits per heavy atom. The van der Waals surface area contributed by atoms with Gasteiger partial charge < -0.3 is 20.1 Å². The average Bonchev–Trinajstić information content (AvgIpc) is 2.68. The molecule has 0 bridgehead atoms. The Bertz CT molecular complexity index is 716. The standard InChI is InChI=1S/C21H30N4O2/c1-5-16(4)25-21(22-6-2)24-15-17-12-13-23-20(14-17)27-19-10-8-18(9-11-19)26-7-3/h8-14,16H,5-7,15H2,1-4H3,(H2,22,24,25). The fraction of sp³-hybridized carbons (Fsp3) is 0.429. The van der Waals surface area contributed by atoms with Gasteiger partial charge in [-0.25, -0.2) is 9.98 Å². The van der Waals surface area contributed by atoms with E-state index in [4.69, 9.17) is 9.47 Å². The first-order valence-corrected chi connectivity index (χ1v) is 9.55. The van der Waals surface area contributed by atoms with E-state index in [2.05, 4.69) is 41.4 Å². The van der Waals surface area contributed by atoms with Crippen LogP contribution in [0, 0.1) is 0 Å². The van der Waals surface area contributed by atoms with Crippen molar-refractivity contribution in [1.82, 2.24) is 15.6 Å². The highest BCUT2D eigenvalue weighted by Gasteiger charge is 2.04. The molecule has 0 saturated heterocycles. The molecule has 1 heterocycles. The Labute approximate surface area is 162 Å². The second-order valence-electron chi connectivity index (χ2n) is 6.16. The lowest BCUT2D eigenvalue weighted by Crippen LogP contribution is -2.41. The number of aromatic nitrogens is 1. The third kappa shape index (κ3) is 7.17. The van der Waals surface area contributed by atoms with Crippen molar-refractivity contribution in [3.8, 4) is 17.4 Å². The summed E-state index contributed by atoms with van der Waals surface area (Å²) < 4.78 is 11.3. The zero-order valence-corrected chi connectivity index (χ0v) is 16.7. The summed E-state index contributed by atoms with van der Waals surface area (Å²) in [6.07, 6.45) is 2.78. The summed E-state index contributed by atoms with van der Waals surface area (Å²) in [5.41, 5.74) is 1.03. The molecule has 1 aromatic heterocycles. The van der Waals surface area contributed by atoms with Crippen molar-refractivity contribution < 1.29 is 9.47 Å². The lowest BCUT2D eigenvalue weighted by Gasteiger charge is -2.16. The van der Waals surface area contributed by atoms with Crippen LogP contribution in [0.5, 0.6) is 17.4 Å². The van der Waals surface area contributed by atoms with Crippen LogP contribution in [-0.2, 0) is 6.54 Å². The van der Waals surface area contributed by atoms with Gasteiger partial charge in [-0.2, -0.15) is 0 Å². The van der Waals surface area contributed by atoms with Gasteiger partial charge in [0.15, 0.2) is 5.96 Å². The topological polar surface area (TPSA) is 67.8 Å². The molecule has 0 aliphatic carbocycles. The van der Waals surface area contributed by atoms with Crippen molar-refractivity contribution in [3.05, 3.63) is 48.2 Å². The lowest BCUT2D eigenvalue weighted by atomic mass is 10.2. The molecular formula is C21H30N4O2. The Morgan fingerprint density at radius 3 is 2.52 bits per heavy atom. The molecule has 146 valence electrons. The number of nitrogens with one attached hydrogen (secondary N) is 2. The normalized spacial score (nSPS) is 12.4. The SMILES string of the molecule is CCNC(=NCc1ccnc(Oc2ccc(OCC)cc2)c1)NC(C)CC. The van der Waals surface area contributed by atoms with Gasteiger partial charge in [0.25, 0.3) is 0 Å².